The maximum absolute atomic E-state index is 13.2. The largest absolute Gasteiger partial charge is 0.349 e. The fourth-order valence-electron chi connectivity index (χ4n) is 1.16. The summed E-state index contributed by atoms with van der Waals surface area (Å²) in [4.78, 5) is 11.5. The molecule has 2 rings (SSSR count). The average Bonchev–Trinajstić information content (AvgIpc) is 2.93. The van der Waals surface area contributed by atoms with E-state index in [2.05, 4.69) is 21.2 Å². The highest BCUT2D eigenvalue weighted by Gasteiger charge is 2.24. The maximum Gasteiger partial charge on any atom is 0.254 e. The molecule has 14 heavy (non-hydrogen) atoms. The number of rotatable bonds is 2. The van der Waals surface area contributed by atoms with Gasteiger partial charge in [-0.1, -0.05) is 15.9 Å². The summed E-state index contributed by atoms with van der Waals surface area (Å²) in [5.41, 5.74) is 0.103. The lowest BCUT2D eigenvalue weighted by molar-refractivity contribution is 0.0947. The minimum Gasteiger partial charge on any atom is -0.349 e. The van der Waals surface area contributed by atoms with Crippen LogP contribution in [0.3, 0.4) is 0 Å². The van der Waals surface area contributed by atoms with Crippen molar-refractivity contribution in [3.05, 3.63) is 34.1 Å². The van der Waals surface area contributed by atoms with Crippen LogP contribution in [0.1, 0.15) is 23.2 Å². The second kappa shape index (κ2) is 3.69. The Bertz CT molecular complexity index is 376. The number of benzene rings is 1. The van der Waals surface area contributed by atoms with Gasteiger partial charge >= 0.3 is 0 Å². The number of carbonyl (C=O) groups excluding carboxylic acids is 1. The molecule has 1 aliphatic carbocycles. The van der Waals surface area contributed by atoms with Crippen LogP contribution in [0.25, 0.3) is 0 Å². The predicted molar refractivity (Wildman–Crippen MR) is 54.6 cm³/mol. The molecule has 0 atom stereocenters. The van der Waals surface area contributed by atoms with Crippen LogP contribution in [0.5, 0.6) is 0 Å². The van der Waals surface area contributed by atoms with Crippen molar-refractivity contribution in [1.82, 2.24) is 5.32 Å². The summed E-state index contributed by atoms with van der Waals surface area (Å²) in [7, 11) is 0. The van der Waals surface area contributed by atoms with Gasteiger partial charge < -0.3 is 5.32 Å². The first kappa shape index (κ1) is 9.65. The van der Waals surface area contributed by atoms with E-state index in [9.17, 15) is 9.18 Å². The zero-order valence-electron chi connectivity index (χ0n) is 7.39. The van der Waals surface area contributed by atoms with E-state index in [1.54, 1.807) is 6.07 Å². The van der Waals surface area contributed by atoms with E-state index in [1.807, 2.05) is 0 Å². The molecule has 1 saturated carbocycles. The van der Waals surface area contributed by atoms with E-state index in [-0.39, 0.29) is 17.5 Å². The molecule has 1 fully saturated rings. The molecule has 2 nitrogen and oxygen atoms in total. The topological polar surface area (TPSA) is 29.1 Å². The summed E-state index contributed by atoms with van der Waals surface area (Å²) in [6.07, 6.45) is 2.00. The molecular weight excluding hydrogens is 249 g/mol. The molecule has 1 aromatic rings. The summed E-state index contributed by atoms with van der Waals surface area (Å²) < 4.78 is 13.9. The molecule has 0 aromatic heterocycles. The Hall–Kier alpha value is -0.900. The van der Waals surface area contributed by atoms with Crippen LogP contribution in [-0.4, -0.2) is 11.9 Å². The molecule has 0 spiro atoms. The van der Waals surface area contributed by atoms with Gasteiger partial charge in [-0.3, -0.25) is 4.79 Å². The van der Waals surface area contributed by atoms with Crippen molar-refractivity contribution < 1.29 is 9.18 Å². The molecule has 1 aliphatic rings. The first-order valence-corrected chi connectivity index (χ1v) is 5.22. The second-order valence-corrected chi connectivity index (χ2v) is 4.29. The smallest absolute Gasteiger partial charge is 0.254 e. The third-order valence-electron chi connectivity index (χ3n) is 2.09. The van der Waals surface area contributed by atoms with Crippen molar-refractivity contribution in [2.24, 2.45) is 0 Å². The molecular formula is C10H9BrFNO. The van der Waals surface area contributed by atoms with E-state index in [4.69, 9.17) is 0 Å². The van der Waals surface area contributed by atoms with Crippen LogP contribution in [0.15, 0.2) is 22.7 Å². The zero-order valence-corrected chi connectivity index (χ0v) is 8.97. The van der Waals surface area contributed by atoms with Gasteiger partial charge in [-0.2, -0.15) is 0 Å². The van der Waals surface area contributed by atoms with Crippen LogP contribution in [-0.2, 0) is 0 Å². The number of hydrogen-bond acceptors (Lipinski definition) is 1. The number of halogens is 2. The standard InChI is InChI=1S/C10H9BrFNO/c11-6-1-4-9(12)8(5-6)10(14)13-7-2-3-7/h1,4-5,7H,2-3H2,(H,13,14). The SMILES string of the molecule is O=C(NC1CC1)c1cc(Br)ccc1F. The lowest BCUT2D eigenvalue weighted by Gasteiger charge is -2.04. The first-order chi connectivity index (χ1) is 6.66. The second-order valence-electron chi connectivity index (χ2n) is 3.37. The van der Waals surface area contributed by atoms with Gasteiger partial charge in [-0.15, -0.1) is 0 Å². The molecule has 0 radical (unpaired) electrons. The van der Waals surface area contributed by atoms with Crippen LogP contribution < -0.4 is 5.32 Å². The monoisotopic (exact) mass is 257 g/mol. The molecule has 1 amide bonds. The minimum absolute atomic E-state index is 0.103. The van der Waals surface area contributed by atoms with Gasteiger partial charge in [0.2, 0.25) is 0 Å². The summed E-state index contributed by atoms with van der Waals surface area (Å²) in [5, 5.41) is 2.74. The van der Waals surface area contributed by atoms with E-state index < -0.39 is 5.82 Å². The summed E-state index contributed by atoms with van der Waals surface area (Å²) in [6, 6.07) is 4.60. The van der Waals surface area contributed by atoms with Gasteiger partial charge in [-0.05, 0) is 31.0 Å². The molecule has 4 heteroatoms. The molecule has 0 saturated heterocycles. The third kappa shape index (κ3) is 2.12. The fraction of sp³-hybridized carbons (Fsp3) is 0.300. The van der Waals surface area contributed by atoms with Crippen molar-refractivity contribution in [1.29, 1.82) is 0 Å². The fourth-order valence-corrected chi connectivity index (χ4v) is 1.52. The highest BCUT2D eigenvalue weighted by Crippen LogP contribution is 2.21. The zero-order chi connectivity index (χ0) is 10.1. The molecule has 0 bridgehead atoms. The van der Waals surface area contributed by atoms with Gasteiger partial charge in [0, 0.05) is 10.5 Å². The highest BCUT2D eigenvalue weighted by molar-refractivity contribution is 9.10. The third-order valence-corrected chi connectivity index (χ3v) is 2.58. The molecule has 0 aliphatic heterocycles. The Balaban J connectivity index is 2.20. The van der Waals surface area contributed by atoms with Crippen LogP contribution in [0.4, 0.5) is 4.39 Å². The normalized spacial score (nSPS) is 15.3. The van der Waals surface area contributed by atoms with Gasteiger partial charge in [0.1, 0.15) is 5.82 Å². The Morgan fingerprint density at radius 3 is 2.86 bits per heavy atom. The van der Waals surface area contributed by atoms with Gasteiger partial charge in [0.25, 0.3) is 5.91 Å². The first-order valence-electron chi connectivity index (χ1n) is 4.43. The highest BCUT2D eigenvalue weighted by atomic mass is 79.9. The van der Waals surface area contributed by atoms with E-state index >= 15 is 0 Å². The van der Waals surface area contributed by atoms with Crippen molar-refractivity contribution >= 4 is 21.8 Å². The summed E-state index contributed by atoms with van der Waals surface area (Å²) in [6.45, 7) is 0. The van der Waals surface area contributed by atoms with Crippen molar-refractivity contribution in [3.63, 3.8) is 0 Å². The number of nitrogens with one attached hydrogen (secondary N) is 1. The average molecular weight is 258 g/mol. The Morgan fingerprint density at radius 1 is 1.50 bits per heavy atom. The van der Waals surface area contributed by atoms with Gasteiger partial charge in [0.05, 0.1) is 5.56 Å². The summed E-state index contributed by atoms with van der Waals surface area (Å²) in [5.74, 6) is -0.808. The Labute approximate surface area is 89.6 Å². The molecule has 1 aromatic carbocycles. The lowest BCUT2D eigenvalue weighted by Crippen LogP contribution is -2.26. The molecule has 0 unspecified atom stereocenters. The number of hydrogen-bond donors (Lipinski definition) is 1. The van der Waals surface area contributed by atoms with E-state index in [0.29, 0.717) is 4.47 Å². The summed E-state index contributed by atoms with van der Waals surface area (Å²) >= 11 is 3.20. The van der Waals surface area contributed by atoms with Crippen molar-refractivity contribution in [2.75, 3.05) is 0 Å². The maximum atomic E-state index is 13.2. The van der Waals surface area contributed by atoms with E-state index in [1.165, 1.54) is 12.1 Å². The Kier molecular flexibility index (Phi) is 2.54. The van der Waals surface area contributed by atoms with Gasteiger partial charge in [0.15, 0.2) is 0 Å². The van der Waals surface area contributed by atoms with Gasteiger partial charge in [-0.25, -0.2) is 4.39 Å². The predicted octanol–water partition coefficient (Wildman–Crippen LogP) is 2.48. The quantitative estimate of drug-likeness (QED) is 0.867. The lowest BCUT2D eigenvalue weighted by atomic mass is 10.2. The van der Waals surface area contributed by atoms with Crippen LogP contribution >= 0.6 is 15.9 Å². The molecule has 1 N–H and O–H groups in total. The number of amides is 1. The van der Waals surface area contributed by atoms with Crippen molar-refractivity contribution in [3.8, 4) is 0 Å². The molecule has 74 valence electrons. The Morgan fingerprint density at radius 2 is 2.21 bits per heavy atom. The molecule has 0 heterocycles. The number of carbonyl (C=O) groups is 1. The van der Waals surface area contributed by atoms with Crippen LogP contribution in [0, 0.1) is 5.82 Å². The van der Waals surface area contributed by atoms with E-state index in [0.717, 1.165) is 12.8 Å². The minimum atomic E-state index is -0.480. The van der Waals surface area contributed by atoms with Crippen molar-refractivity contribution in [2.45, 2.75) is 18.9 Å². The van der Waals surface area contributed by atoms with Crippen LogP contribution in [0.2, 0.25) is 0 Å².